The topological polar surface area (TPSA) is 41.6 Å². The number of rotatable bonds is 4. The van der Waals surface area contributed by atoms with E-state index in [2.05, 4.69) is 12.2 Å². The second-order valence-electron chi connectivity index (χ2n) is 6.97. The van der Waals surface area contributed by atoms with Crippen molar-refractivity contribution in [1.29, 1.82) is 0 Å². The van der Waals surface area contributed by atoms with Crippen molar-refractivity contribution in [2.75, 3.05) is 13.1 Å². The highest BCUT2D eigenvalue weighted by molar-refractivity contribution is 5.68. The van der Waals surface area contributed by atoms with Gasteiger partial charge >= 0.3 is 6.09 Å². The van der Waals surface area contributed by atoms with Crippen molar-refractivity contribution in [3.8, 4) is 0 Å². The van der Waals surface area contributed by atoms with Gasteiger partial charge < -0.3 is 15.0 Å². The van der Waals surface area contributed by atoms with Crippen LogP contribution in [0.15, 0.2) is 0 Å². The van der Waals surface area contributed by atoms with Crippen LogP contribution < -0.4 is 5.32 Å². The van der Waals surface area contributed by atoms with Crippen LogP contribution in [-0.4, -0.2) is 41.8 Å². The number of nitrogens with zero attached hydrogens (tertiary/aromatic N) is 1. The van der Waals surface area contributed by atoms with Crippen molar-refractivity contribution < 1.29 is 9.53 Å². The molecule has 4 heteroatoms. The summed E-state index contributed by atoms with van der Waals surface area (Å²) in [7, 11) is 0. The molecule has 1 aliphatic carbocycles. The smallest absolute Gasteiger partial charge is 0.410 e. The lowest BCUT2D eigenvalue weighted by atomic mass is 10.2. The average Bonchev–Trinajstić information content (AvgIpc) is 2.83. The maximum absolute atomic E-state index is 12.0. The second-order valence-corrected chi connectivity index (χ2v) is 6.97. The molecule has 1 amide bonds. The predicted octanol–water partition coefficient (Wildman–Crippen LogP) is 2.77. The summed E-state index contributed by atoms with van der Waals surface area (Å²) in [5, 5.41) is 3.69. The first kappa shape index (κ1) is 14.6. The Balaban J connectivity index is 1.70. The van der Waals surface area contributed by atoms with Gasteiger partial charge in [-0.05, 0) is 46.0 Å². The van der Waals surface area contributed by atoms with Gasteiger partial charge in [0, 0.05) is 25.2 Å². The molecule has 0 radical (unpaired) electrons. The van der Waals surface area contributed by atoms with Crippen LogP contribution in [0.25, 0.3) is 0 Å². The van der Waals surface area contributed by atoms with Crippen LogP contribution in [0.5, 0.6) is 0 Å². The summed E-state index contributed by atoms with van der Waals surface area (Å²) in [6.45, 7) is 9.60. The van der Waals surface area contributed by atoms with E-state index in [1.54, 1.807) is 0 Å². The molecule has 3 unspecified atom stereocenters. The lowest BCUT2D eigenvalue weighted by molar-refractivity contribution is 0.0291. The minimum atomic E-state index is -0.398. The van der Waals surface area contributed by atoms with E-state index in [1.165, 1.54) is 19.3 Å². The lowest BCUT2D eigenvalue weighted by Crippen LogP contribution is -2.39. The zero-order chi connectivity index (χ0) is 14.0. The molecule has 2 fully saturated rings. The summed E-state index contributed by atoms with van der Waals surface area (Å²) in [6, 6.07) is 1.16. The number of hydrogen-bond donors (Lipinski definition) is 1. The normalized spacial score (nSPS) is 30.5. The number of carbonyl (C=O) groups is 1. The molecule has 0 aromatic rings. The number of ether oxygens (including phenoxy) is 1. The van der Waals surface area contributed by atoms with Crippen LogP contribution in [0.1, 0.15) is 53.4 Å². The molecule has 1 saturated heterocycles. The SMILES string of the molecule is CCCC1CC1NC1CCN(C(=O)OC(C)(C)C)C1. The molecule has 3 atom stereocenters. The number of nitrogens with one attached hydrogen (secondary N) is 1. The minimum absolute atomic E-state index is 0.169. The Kier molecular flexibility index (Phi) is 4.39. The van der Waals surface area contributed by atoms with Gasteiger partial charge in [-0.25, -0.2) is 4.79 Å². The second kappa shape index (κ2) is 5.70. The largest absolute Gasteiger partial charge is 0.444 e. The van der Waals surface area contributed by atoms with E-state index in [-0.39, 0.29) is 6.09 Å². The third kappa shape index (κ3) is 4.37. The van der Waals surface area contributed by atoms with E-state index < -0.39 is 5.60 Å². The van der Waals surface area contributed by atoms with Crippen LogP contribution in [0.3, 0.4) is 0 Å². The van der Waals surface area contributed by atoms with Crippen molar-refractivity contribution in [2.45, 2.75) is 71.1 Å². The first-order chi connectivity index (χ1) is 8.89. The lowest BCUT2D eigenvalue weighted by Gasteiger charge is -2.24. The van der Waals surface area contributed by atoms with E-state index in [9.17, 15) is 4.79 Å². The van der Waals surface area contributed by atoms with Crippen LogP contribution in [0.4, 0.5) is 4.79 Å². The van der Waals surface area contributed by atoms with Gasteiger partial charge in [0.1, 0.15) is 5.60 Å². The van der Waals surface area contributed by atoms with Gasteiger partial charge in [0.25, 0.3) is 0 Å². The fourth-order valence-electron chi connectivity index (χ4n) is 2.83. The Morgan fingerprint density at radius 2 is 2.16 bits per heavy atom. The summed E-state index contributed by atoms with van der Waals surface area (Å²) in [5.74, 6) is 0.876. The quantitative estimate of drug-likeness (QED) is 0.852. The molecule has 2 aliphatic rings. The molecule has 1 aliphatic heterocycles. The Bertz CT molecular complexity index is 325. The molecular weight excluding hydrogens is 240 g/mol. The van der Waals surface area contributed by atoms with E-state index in [0.29, 0.717) is 12.1 Å². The monoisotopic (exact) mass is 268 g/mol. The number of amides is 1. The number of likely N-dealkylation sites (tertiary alicyclic amines) is 1. The Hall–Kier alpha value is -0.770. The molecule has 4 nitrogen and oxygen atoms in total. The van der Waals surface area contributed by atoms with E-state index >= 15 is 0 Å². The summed E-state index contributed by atoms with van der Waals surface area (Å²) in [6.07, 6.45) is 4.81. The average molecular weight is 268 g/mol. The fraction of sp³-hybridized carbons (Fsp3) is 0.933. The Morgan fingerprint density at radius 3 is 2.79 bits per heavy atom. The van der Waals surface area contributed by atoms with Gasteiger partial charge in [0.15, 0.2) is 0 Å². The summed E-state index contributed by atoms with van der Waals surface area (Å²) >= 11 is 0. The van der Waals surface area contributed by atoms with Crippen molar-refractivity contribution in [3.05, 3.63) is 0 Å². The van der Waals surface area contributed by atoms with Crippen LogP contribution in [0, 0.1) is 5.92 Å². The van der Waals surface area contributed by atoms with Gasteiger partial charge in [0.2, 0.25) is 0 Å². The zero-order valence-electron chi connectivity index (χ0n) is 12.7. The van der Waals surface area contributed by atoms with Crippen LogP contribution in [0.2, 0.25) is 0 Å². The molecule has 1 saturated carbocycles. The van der Waals surface area contributed by atoms with Gasteiger partial charge in [0.05, 0.1) is 0 Å². The number of hydrogen-bond acceptors (Lipinski definition) is 3. The first-order valence-electron chi connectivity index (χ1n) is 7.63. The van der Waals surface area contributed by atoms with Gasteiger partial charge in [-0.1, -0.05) is 13.3 Å². The summed E-state index contributed by atoms with van der Waals surface area (Å²) < 4.78 is 5.41. The van der Waals surface area contributed by atoms with Crippen molar-refractivity contribution in [1.82, 2.24) is 10.2 Å². The highest BCUT2D eigenvalue weighted by Crippen LogP contribution is 2.35. The fourth-order valence-corrected chi connectivity index (χ4v) is 2.83. The van der Waals surface area contributed by atoms with Crippen molar-refractivity contribution in [2.24, 2.45) is 5.92 Å². The molecule has 1 N–H and O–H groups in total. The van der Waals surface area contributed by atoms with Gasteiger partial charge in [-0.15, -0.1) is 0 Å². The molecule has 110 valence electrons. The van der Waals surface area contributed by atoms with Crippen LogP contribution >= 0.6 is 0 Å². The molecule has 0 aromatic carbocycles. The molecule has 2 rings (SSSR count). The third-order valence-electron chi connectivity index (χ3n) is 3.87. The summed E-state index contributed by atoms with van der Waals surface area (Å²) in [4.78, 5) is 13.8. The maximum Gasteiger partial charge on any atom is 0.410 e. The molecule has 0 spiro atoms. The Labute approximate surface area is 116 Å². The van der Waals surface area contributed by atoms with Crippen molar-refractivity contribution in [3.63, 3.8) is 0 Å². The molecule has 1 heterocycles. The molecule has 0 bridgehead atoms. The van der Waals surface area contributed by atoms with E-state index in [4.69, 9.17) is 4.74 Å². The van der Waals surface area contributed by atoms with Gasteiger partial charge in [-0.3, -0.25) is 0 Å². The third-order valence-corrected chi connectivity index (χ3v) is 3.87. The van der Waals surface area contributed by atoms with E-state index in [1.807, 2.05) is 25.7 Å². The Morgan fingerprint density at radius 1 is 1.42 bits per heavy atom. The van der Waals surface area contributed by atoms with Crippen LogP contribution in [-0.2, 0) is 4.74 Å². The highest BCUT2D eigenvalue weighted by atomic mass is 16.6. The highest BCUT2D eigenvalue weighted by Gasteiger charge is 2.39. The molecule has 0 aromatic heterocycles. The maximum atomic E-state index is 12.0. The molecule has 19 heavy (non-hydrogen) atoms. The standard InChI is InChI=1S/C15H28N2O2/c1-5-6-11-9-13(11)16-12-7-8-17(10-12)14(18)19-15(2,3)4/h11-13,16H,5-10H2,1-4H3. The first-order valence-corrected chi connectivity index (χ1v) is 7.63. The summed E-state index contributed by atoms with van der Waals surface area (Å²) in [5.41, 5.74) is -0.398. The minimum Gasteiger partial charge on any atom is -0.444 e. The number of carbonyl (C=O) groups excluding carboxylic acids is 1. The van der Waals surface area contributed by atoms with Gasteiger partial charge in [-0.2, -0.15) is 0 Å². The molecular formula is C15H28N2O2. The zero-order valence-corrected chi connectivity index (χ0v) is 12.7. The van der Waals surface area contributed by atoms with Crippen molar-refractivity contribution >= 4 is 6.09 Å². The predicted molar refractivity (Wildman–Crippen MR) is 76.2 cm³/mol. The van der Waals surface area contributed by atoms with E-state index in [0.717, 1.165) is 25.4 Å².